The monoisotopic (exact) mass is 255 g/mol. The van der Waals surface area contributed by atoms with Crippen molar-refractivity contribution in [3.8, 4) is 6.07 Å². The Hall–Kier alpha value is -1.88. The smallest absolute Gasteiger partial charge is 0.141 e. The van der Waals surface area contributed by atoms with E-state index in [9.17, 15) is 4.39 Å². The molecule has 1 aromatic rings. The fourth-order valence-corrected chi connectivity index (χ4v) is 2.76. The van der Waals surface area contributed by atoms with Gasteiger partial charge in [0, 0.05) is 0 Å². The number of allylic oxidation sites excluding steroid dienone is 3. The van der Waals surface area contributed by atoms with Crippen molar-refractivity contribution < 1.29 is 4.39 Å². The molecule has 1 fully saturated rings. The van der Waals surface area contributed by atoms with Crippen molar-refractivity contribution in [1.29, 1.82) is 5.26 Å². The highest BCUT2D eigenvalue weighted by atomic mass is 19.1. The normalized spacial score (nSPS) is 23.2. The number of nitriles is 1. The molecule has 0 spiro atoms. The van der Waals surface area contributed by atoms with Crippen molar-refractivity contribution >= 4 is 0 Å². The molecular formula is C17H18FN. The topological polar surface area (TPSA) is 23.8 Å². The lowest BCUT2D eigenvalue weighted by Gasteiger charge is -2.27. The predicted molar refractivity (Wildman–Crippen MR) is 75.2 cm³/mol. The minimum absolute atomic E-state index is 0.131. The molecule has 0 N–H and O–H groups in total. The molecule has 2 heteroatoms. The van der Waals surface area contributed by atoms with Crippen LogP contribution >= 0.6 is 0 Å². The van der Waals surface area contributed by atoms with Gasteiger partial charge in [-0.1, -0.05) is 30.9 Å². The van der Waals surface area contributed by atoms with Gasteiger partial charge >= 0.3 is 0 Å². The molecule has 0 saturated heterocycles. The van der Waals surface area contributed by atoms with Gasteiger partial charge in [0.05, 0.1) is 5.56 Å². The van der Waals surface area contributed by atoms with Gasteiger partial charge in [-0.05, 0) is 55.2 Å². The van der Waals surface area contributed by atoms with E-state index in [1.807, 2.05) is 24.3 Å². The summed E-state index contributed by atoms with van der Waals surface area (Å²) in [6.07, 6.45) is 10.5. The summed E-state index contributed by atoms with van der Waals surface area (Å²) in [6, 6.07) is 6.88. The first-order valence-corrected chi connectivity index (χ1v) is 6.73. The molecule has 0 aromatic heterocycles. The highest BCUT2D eigenvalue weighted by Gasteiger charge is 2.21. The Labute approximate surface area is 114 Å². The van der Waals surface area contributed by atoms with Gasteiger partial charge in [-0.3, -0.25) is 0 Å². The second kappa shape index (κ2) is 6.33. The Balaban J connectivity index is 2.02. The Morgan fingerprint density at radius 2 is 2.00 bits per heavy atom. The molecule has 0 atom stereocenters. The Kier molecular flexibility index (Phi) is 4.52. The van der Waals surface area contributed by atoms with Crippen LogP contribution in [-0.4, -0.2) is 0 Å². The molecule has 2 rings (SSSR count). The van der Waals surface area contributed by atoms with Crippen LogP contribution in [0.2, 0.25) is 0 Å². The number of hydrogen-bond donors (Lipinski definition) is 0. The van der Waals surface area contributed by atoms with Gasteiger partial charge in [0.1, 0.15) is 11.9 Å². The van der Waals surface area contributed by atoms with Crippen LogP contribution in [0.25, 0.3) is 0 Å². The number of benzene rings is 1. The van der Waals surface area contributed by atoms with Crippen LogP contribution in [0.4, 0.5) is 4.39 Å². The molecule has 1 aliphatic rings. The maximum Gasteiger partial charge on any atom is 0.141 e. The summed E-state index contributed by atoms with van der Waals surface area (Å²) in [6.45, 7) is 3.68. The SMILES string of the molecule is C=CC=CC1CCC(c2ccc(C#N)c(F)c2)CC1. The molecule has 0 unspecified atom stereocenters. The van der Waals surface area contributed by atoms with Crippen LogP contribution < -0.4 is 0 Å². The van der Waals surface area contributed by atoms with E-state index < -0.39 is 5.82 Å². The molecular weight excluding hydrogens is 237 g/mol. The second-order valence-corrected chi connectivity index (χ2v) is 5.08. The van der Waals surface area contributed by atoms with E-state index in [0.29, 0.717) is 11.8 Å². The second-order valence-electron chi connectivity index (χ2n) is 5.08. The average molecular weight is 255 g/mol. The highest BCUT2D eigenvalue weighted by molar-refractivity contribution is 5.35. The van der Waals surface area contributed by atoms with Crippen LogP contribution in [0.15, 0.2) is 43.0 Å². The maximum atomic E-state index is 13.6. The summed E-state index contributed by atoms with van der Waals surface area (Å²) in [7, 11) is 0. The van der Waals surface area contributed by atoms with Crippen molar-refractivity contribution in [3.05, 3.63) is 60.0 Å². The van der Waals surface area contributed by atoms with Crippen LogP contribution in [0.3, 0.4) is 0 Å². The summed E-state index contributed by atoms with van der Waals surface area (Å²) in [5, 5.41) is 8.73. The van der Waals surface area contributed by atoms with Gasteiger partial charge in [-0.15, -0.1) is 0 Å². The third kappa shape index (κ3) is 3.32. The lowest BCUT2D eigenvalue weighted by atomic mass is 9.78. The molecule has 0 radical (unpaired) electrons. The van der Waals surface area contributed by atoms with Crippen molar-refractivity contribution in [1.82, 2.24) is 0 Å². The van der Waals surface area contributed by atoms with E-state index in [4.69, 9.17) is 5.26 Å². The number of halogens is 1. The Morgan fingerprint density at radius 1 is 1.26 bits per heavy atom. The third-order valence-electron chi connectivity index (χ3n) is 3.88. The molecule has 19 heavy (non-hydrogen) atoms. The van der Waals surface area contributed by atoms with E-state index in [2.05, 4.69) is 12.7 Å². The standard InChI is InChI=1S/C17H18FN/c1-2-3-4-13-5-7-14(8-6-13)15-9-10-16(12-19)17(18)11-15/h2-4,9-11,13-14H,1,5-8H2. The number of nitrogens with zero attached hydrogens (tertiary/aromatic N) is 1. The van der Waals surface area contributed by atoms with Crippen molar-refractivity contribution in [2.75, 3.05) is 0 Å². The van der Waals surface area contributed by atoms with Crippen LogP contribution in [-0.2, 0) is 0 Å². The molecule has 98 valence electrons. The highest BCUT2D eigenvalue weighted by Crippen LogP contribution is 2.36. The first kappa shape index (κ1) is 13.5. The predicted octanol–water partition coefficient (Wildman–Crippen LogP) is 4.71. The minimum atomic E-state index is -0.395. The van der Waals surface area contributed by atoms with Crippen molar-refractivity contribution in [2.24, 2.45) is 5.92 Å². The molecule has 1 nitrogen and oxygen atoms in total. The van der Waals surface area contributed by atoms with Gasteiger partial charge in [0.25, 0.3) is 0 Å². The molecule has 1 saturated carbocycles. The lowest BCUT2D eigenvalue weighted by molar-refractivity contribution is 0.375. The zero-order valence-electron chi connectivity index (χ0n) is 11.0. The number of rotatable bonds is 3. The van der Waals surface area contributed by atoms with Gasteiger partial charge in [-0.2, -0.15) is 5.26 Å². The van der Waals surface area contributed by atoms with Crippen LogP contribution in [0.5, 0.6) is 0 Å². The van der Waals surface area contributed by atoms with Gasteiger partial charge in [0.2, 0.25) is 0 Å². The van der Waals surface area contributed by atoms with Gasteiger partial charge in [0.15, 0.2) is 0 Å². The van der Waals surface area contributed by atoms with Crippen molar-refractivity contribution in [2.45, 2.75) is 31.6 Å². The lowest BCUT2D eigenvalue weighted by Crippen LogP contribution is -2.12. The number of hydrogen-bond acceptors (Lipinski definition) is 1. The fourth-order valence-electron chi connectivity index (χ4n) is 2.76. The zero-order valence-corrected chi connectivity index (χ0v) is 11.0. The minimum Gasteiger partial charge on any atom is -0.206 e. The molecule has 0 aliphatic heterocycles. The molecule has 1 aromatic carbocycles. The molecule has 0 amide bonds. The summed E-state index contributed by atoms with van der Waals surface area (Å²) in [4.78, 5) is 0. The average Bonchev–Trinajstić information content (AvgIpc) is 2.45. The van der Waals surface area contributed by atoms with Gasteiger partial charge < -0.3 is 0 Å². The summed E-state index contributed by atoms with van der Waals surface area (Å²) < 4.78 is 13.6. The van der Waals surface area contributed by atoms with Crippen LogP contribution in [0, 0.1) is 23.1 Å². The first-order chi connectivity index (χ1) is 9.24. The quantitative estimate of drug-likeness (QED) is 0.717. The first-order valence-electron chi connectivity index (χ1n) is 6.73. The third-order valence-corrected chi connectivity index (χ3v) is 3.88. The van der Waals surface area contributed by atoms with E-state index in [0.717, 1.165) is 31.2 Å². The maximum absolute atomic E-state index is 13.6. The molecule has 0 heterocycles. The summed E-state index contributed by atoms with van der Waals surface area (Å²) in [5.41, 5.74) is 1.16. The largest absolute Gasteiger partial charge is 0.206 e. The van der Waals surface area contributed by atoms with Crippen LogP contribution in [0.1, 0.15) is 42.7 Å². The summed E-state index contributed by atoms with van der Waals surface area (Å²) in [5.74, 6) is 0.654. The zero-order chi connectivity index (χ0) is 13.7. The molecule has 1 aliphatic carbocycles. The Bertz CT molecular complexity index is 517. The van der Waals surface area contributed by atoms with Gasteiger partial charge in [-0.25, -0.2) is 4.39 Å². The fraction of sp³-hybridized carbons (Fsp3) is 0.353. The molecule has 0 bridgehead atoms. The Morgan fingerprint density at radius 3 is 2.58 bits per heavy atom. The van der Waals surface area contributed by atoms with Crippen molar-refractivity contribution in [3.63, 3.8) is 0 Å². The van der Waals surface area contributed by atoms with E-state index in [1.54, 1.807) is 6.07 Å². The summed E-state index contributed by atoms with van der Waals surface area (Å²) >= 11 is 0. The van der Waals surface area contributed by atoms with E-state index in [1.165, 1.54) is 6.07 Å². The van der Waals surface area contributed by atoms with E-state index in [-0.39, 0.29) is 5.56 Å². The van der Waals surface area contributed by atoms with E-state index >= 15 is 0 Å².